The Hall–Kier alpha value is -0.690. The van der Waals surface area contributed by atoms with Gasteiger partial charge in [0.05, 0.1) is 5.92 Å². The lowest BCUT2D eigenvalue weighted by molar-refractivity contribution is -0.159. The van der Waals surface area contributed by atoms with Crippen molar-refractivity contribution in [2.45, 2.75) is 81.4 Å². The van der Waals surface area contributed by atoms with Crippen LogP contribution in [-0.4, -0.2) is 36.2 Å². The smallest absolute Gasteiger partial charge is 0.309 e. The van der Waals surface area contributed by atoms with E-state index < -0.39 is 0 Å². The molecule has 2 aliphatic heterocycles. The minimum Gasteiger partial charge on any atom is -0.462 e. The molecular formula is C17H30N4O2. The lowest BCUT2D eigenvalue weighted by atomic mass is 9.75. The molecule has 0 radical (unpaired) electrons. The Balaban J connectivity index is 1.34. The number of carbonyl (C=O) groups excluding carboxylic acids is 1. The van der Waals surface area contributed by atoms with Crippen molar-refractivity contribution in [1.29, 1.82) is 0 Å². The van der Waals surface area contributed by atoms with Gasteiger partial charge in [-0.25, -0.2) is 0 Å². The Morgan fingerprint density at radius 2 is 1.52 bits per heavy atom. The normalized spacial score (nSPS) is 44.0. The quantitative estimate of drug-likeness (QED) is 0.571. The van der Waals surface area contributed by atoms with Crippen LogP contribution in [0.3, 0.4) is 0 Å². The second-order valence-corrected chi connectivity index (χ2v) is 8.11. The first-order valence-electron chi connectivity index (χ1n) is 9.39. The van der Waals surface area contributed by atoms with Crippen molar-refractivity contribution in [3.8, 4) is 0 Å². The van der Waals surface area contributed by atoms with Crippen molar-refractivity contribution in [1.82, 2.24) is 21.7 Å². The number of hydrogen-bond donors (Lipinski definition) is 4. The highest BCUT2D eigenvalue weighted by Crippen LogP contribution is 2.38. The summed E-state index contributed by atoms with van der Waals surface area (Å²) < 4.78 is 5.97. The van der Waals surface area contributed by atoms with E-state index in [0.717, 1.165) is 64.5 Å². The number of rotatable bonds is 2. The van der Waals surface area contributed by atoms with Gasteiger partial charge in [-0.1, -0.05) is 6.42 Å². The van der Waals surface area contributed by atoms with E-state index in [2.05, 4.69) is 21.7 Å². The fraction of sp³-hybridized carbons (Fsp3) is 0.941. The van der Waals surface area contributed by atoms with Crippen LogP contribution < -0.4 is 21.7 Å². The summed E-state index contributed by atoms with van der Waals surface area (Å²) in [6, 6.07) is 0. The van der Waals surface area contributed by atoms with Crippen molar-refractivity contribution >= 4 is 5.97 Å². The van der Waals surface area contributed by atoms with Gasteiger partial charge in [-0.05, 0) is 51.4 Å². The molecular weight excluding hydrogens is 292 g/mol. The molecule has 0 amide bonds. The average molecular weight is 322 g/mol. The number of nitrogens with one attached hydrogen (secondary N) is 4. The largest absolute Gasteiger partial charge is 0.462 e. The standard InChI is InChI=1S/C17H30N4O2/c22-15(13-3-1-5-16(11-13)7-9-18-20-16)23-14-4-2-6-17(12-14)8-10-19-21-17/h13-14,18-21H,1-12H2. The molecule has 0 aromatic heterocycles. The fourth-order valence-corrected chi connectivity index (χ4v) is 5.14. The van der Waals surface area contributed by atoms with Gasteiger partial charge in [0.2, 0.25) is 0 Å². The molecule has 4 atom stereocenters. The van der Waals surface area contributed by atoms with Crippen molar-refractivity contribution in [3.63, 3.8) is 0 Å². The first kappa shape index (κ1) is 15.8. The minimum atomic E-state index is 0.0470. The van der Waals surface area contributed by atoms with E-state index >= 15 is 0 Å². The molecule has 4 N–H and O–H groups in total. The summed E-state index contributed by atoms with van der Waals surface area (Å²) in [5.74, 6) is 0.120. The van der Waals surface area contributed by atoms with Gasteiger partial charge in [-0.2, -0.15) is 0 Å². The molecule has 2 saturated carbocycles. The van der Waals surface area contributed by atoms with E-state index in [9.17, 15) is 4.79 Å². The van der Waals surface area contributed by atoms with Crippen LogP contribution in [0.25, 0.3) is 0 Å². The van der Waals surface area contributed by atoms with Crippen LogP contribution in [0.2, 0.25) is 0 Å². The van der Waals surface area contributed by atoms with Gasteiger partial charge in [0.1, 0.15) is 6.10 Å². The van der Waals surface area contributed by atoms with Gasteiger partial charge in [0.25, 0.3) is 0 Å². The Morgan fingerprint density at radius 3 is 2.17 bits per heavy atom. The number of esters is 1. The Kier molecular flexibility index (Phi) is 4.34. The number of hydrazine groups is 2. The molecule has 2 spiro atoms. The molecule has 4 rings (SSSR count). The summed E-state index contributed by atoms with van der Waals surface area (Å²) in [5.41, 5.74) is 13.6. The number of ether oxygens (including phenoxy) is 1. The lowest BCUT2D eigenvalue weighted by Gasteiger charge is -2.39. The van der Waals surface area contributed by atoms with Gasteiger partial charge < -0.3 is 4.74 Å². The molecule has 0 bridgehead atoms. The molecule has 130 valence electrons. The van der Waals surface area contributed by atoms with E-state index in [-0.39, 0.29) is 29.1 Å². The summed E-state index contributed by atoms with van der Waals surface area (Å²) in [6.07, 6.45) is 10.9. The van der Waals surface area contributed by atoms with E-state index in [1.54, 1.807) is 0 Å². The molecule has 23 heavy (non-hydrogen) atoms. The highest BCUT2D eigenvalue weighted by Gasteiger charge is 2.43. The molecule has 4 unspecified atom stereocenters. The van der Waals surface area contributed by atoms with Gasteiger partial charge >= 0.3 is 5.97 Å². The molecule has 2 heterocycles. The summed E-state index contributed by atoms with van der Waals surface area (Å²) in [6.45, 7) is 2.02. The maximum Gasteiger partial charge on any atom is 0.309 e. The maximum atomic E-state index is 12.7. The summed E-state index contributed by atoms with van der Waals surface area (Å²) >= 11 is 0. The van der Waals surface area contributed by atoms with Gasteiger partial charge in [-0.15, -0.1) is 0 Å². The van der Waals surface area contributed by atoms with E-state index in [0.29, 0.717) is 0 Å². The lowest BCUT2D eigenvalue weighted by Crippen LogP contribution is -2.50. The Morgan fingerprint density at radius 1 is 0.870 bits per heavy atom. The zero-order valence-corrected chi connectivity index (χ0v) is 14.0. The van der Waals surface area contributed by atoms with Crippen molar-refractivity contribution in [2.24, 2.45) is 5.92 Å². The SMILES string of the molecule is O=C(OC1CCCC2(CCNN2)C1)C1CCCC2(CCNN2)C1. The first-order chi connectivity index (χ1) is 11.2. The van der Waals surface area contributed by atoms with E-state index in [1.807, 2.05) is 0 Å². The Labute approximate surface area is 138 Å². The predicted molar refractivity (Wildman–Crippen MR) is 87.3 cm³/mol. The first-order valence-corrected chi connectivity index (χ1v) is 9.39. The van der Waals surface area contributed by atoms with Gasteiger partial charge in [0.15, 0.2) is 0 Å². The molecule has 0 aromatic rings. The second kappa shape index (κ2) is 6.31. The monoisotopic (exact) mass is 322 g/mol. The highest BCUT2D eigenvalue weighted by molar-refractivity contribution is 5.73. The summed E-state index contributed by atoms with van der Waals surface area (Å²) in [7, 11) is 0. The average Bonchev–Trinajstić information content (AvgIpc) is 3.18. The fourth-order valence-electron chi connectivity index (χ4n) is 5.14. The molecule has 0 aromatic carbocycles. The number of carbonyl (C=O) groups is 1. The van der Waals surface area contributed by atoms with Crippen LogP contribution in [0.15, 0.2) is 0 Å². The number of hydrogen-bond acceptors (Lipinski definition) is 6. The third-order valence-corrected chi connectivity index (χ3v) is 6.43. The molecule has 4 aliphatic rings. The second-order valence-electron chi connectivity index (χ2n) is 8.11. The third-order valence-electron chi connectivity index (χ3n) is 6.43. The zero-order chi connectivity index (χ0) is 15.8. The third kappa shape index (κ3) is 3.27. The van der Waals surface area contributed by atoms with Gasteiger partial charge in [0, 0.05) is 30.6 Å². The maximum absolute atomic E-state index is 12.7. The van der Waals surface area contributed by atoms with Crippen LogP contribution in [0.1, 0.15) is 64.2 Å². The van der Waals surface area contributed by atoms with Crippen molar-refractivity contribution < 1.29 is 9.53 Å². The van der Waals surface area contributed by atoms with Crippen molar-refractivity contribution in [3.05, 3.63) is 0 Å². The molecule has 6 heteroatoms. The molecule has 2 saturated heterocycles. The van der Waals surface area contributed by atoms with Crippen molar-refractivity contribution in [2.75, 3.05) is 13.1 Å². The topological polar surface area (TPSA) is 74.4 Å². The van der Waals surface area contributed by atoms with E-state index in [1.165, 1.54) is 12.8 Å². The minimum absolute atomic E-state index is 0.0470. The molecule has 4 fully saturated rings. The summed E-state index contributed by atoms with van der Waals surface area (Å²) in [4.78, 5) is 12.7. The zero-order valence-electron chi connectivity index (χ0n) is 14.0. The van der Waals surface area contributed by atoms with Crippen LogP contribution >= 0.6 is 0 Å². The van der Waals surface area contributed by atoms with Crippen LogP contribution in [0.4, 0.5) is 0 Å². The van der Waals surface area contributed by atoms with Crippen LogP contribution in [0.5, 0.6) is 0 Å². The summed E-state index contributed by atoms with van der Waals surface area (Å²) in [5, 5.41) is 0. The highest BCUT2D eigenvalue weighted by atomic mass is 16.5. The molecule has 6 nitrogen and oxygen atoms in total. The van der Waals surface area contributed by atoms with Gasteiger partial charge in [-0.3, -0.25) is 26.5 Å². The van der Waals surface area contributed by atoms with E-state index in [4.69, 9.17) is 4.74 Å². The predicted octanol–water partition coefficient (Wildman–Crippen LogP) is 1.14. The van der Waals surface area contributed by atoms with Crippen LogP contribution in [0, 0.1) is 5.92 Å². The van der Waals surface area contributed by atoms with Crippen LogP contribution in [-0.2, 0) is 9.53 Å². The Bertz CT molecular complexity index is 444. The molecule has 2 aliphatic carbocycles.